The van der Waals surface area contributed by atoms with Crippen molar-refractivity contribution in [3.63, 3.8) is 0 Å². The minimum atomic E-state index is -0.214. The molecule has 156 valence electrons. The van der Waals surface area contributed by atoms with Crippen molar-refractivity contribution < 1.29 is 23.8 Å². The van der Waals surface area contributed by atoms with Crippen molar-refractivity contribution in [2.24, 2.45) is 0 Å². The Morgan fingerprint density at radius 3 is 2.29 bits per heavy atom. The Morgan fingerprint density at radius 1 is 0.964 bits per heavy atom. The van der Waals surface area contributed by atoms with Gasteiger partial charge in [-0.15, -0.1) is 0 Å². The van der Waals surface area contributed by atoms with Gasteiger partial charge in [-0.25, -0.2) is 0 Å². The van der Waals surface area contributed by atoms with Crippen LogP contribution in [0.5, 0.6) is 0 Å². The Balaban J connectivity index is 1.52. The second kappa shape index (κ2) is 11.1. The number of carbonyl (C=O) groups is 2. The number of hydrogen-bond donors (Lipinski definition) is 1. The van der Waals surface area contributed by atoms with Gasteiger partial charge in [0.1, 0.15) is 0 Å². The maximum atomic E-state index is 12.9. The van der Waals surface area contributed by atoms with Gasteiger partial charge in [-0.3, -0.25) is 14.5 Å². The van der Waals surface area contributed by atoms with Crippen molar-refractivity contribution in [1.29, 1.82) is 0 Å². The van der Waals surface area contributed by atoms with Crippen molar-refractivity contribution in [2.75, 3.05) is 65.7 Å². The highest BCUT2D eigenvalue weighted by atomic mass is 16.5. The van der Waals surface area contributed by atoms with Crippen LogP contribution in [0, 0.1) is 0 Å². The van der Waals surface area contributed by atoms with Crippen molar-refractivity contribution in [1.82, 2.24) is 15.1 Å². The molecule has 0 radical (unpaired) electrons. The number of ether oxygens (including phenoxy) is 3. The summed E-state index contributed by atoms with van der Waals surface area (Å²) in [5, 5.41) is 2.86. The summed E-state index contributed by atoms with van der Waals surface area (Å²) < 4.78 is 16.3. The molecule has 3 aliphatic heterocycles. The molecule has 0 saturated carbocycles. The number of amides is 2. The molecule has 2 amide bonds. The maximum Gasteiger partial charge on any atom is 0.288 e. The fraction of sp³-hybridized carbons (Fsp3) is 0.700. The van der Waals surface area contributed by atoms with Crippen LogP contribution in [0.15, 0.2) is 23.7 Å². The Hall–Kier alpha value is -2.06. The lowest BCUT2D eigenvalue weighted by molar-refractivity contribution is -0.132. The highest BCUT2D eigenvalue weighted by Crippen LogP contribution is 2.13. The number of nitrogens with zero attached hydrogens (tertiary/aromatic N) is 2. The van der Waals surface area contributed by atoms with E-state index in [4.69, 9.17) is 14.2 Å². The molecule has 28 heavy (non-hydrogen) atoms. The van der Waals surface area contributed by atoms with Gasteiger partial charge in [0.2, 0.25) is 0 Å². The van der Waals surface area contributed by atoms with Crippen molar-refractivity contribution in [2.45, 2.75) is 25.7 Å². The topological polar surface area (TPSA) is 80.3 Å². The van der Waals surface area contributed by atoms with Crippen molar-refractivity contribution in [3.05, 3.63) is 23.7 Å². The predicted octanol–water partition coefficient (Wildman–Crippen LogP) is 0.652. The minimum absolute atomic E-state index is 0.102. The van der Waals surface area contributed by atoms with E-state index in [9.17, 15) is 9.59 Å². The van der Waals surface area contributed by atoms with E-state index in [1.165, 1.54) is 0 Å². The lowest BCUT2D eigenvalue weighted by atomic mass is 10.2. The summed E-state index contributed by atoms with van der Waals surface area (Å²) in [4.78, 5) is 29.1. The second-order valence-electron chi connectivity index (χ2n) is 7.12. The van der Waals surface area contributed by atoms with E-state index >= 15 is 0 Å². The summed E-state index contributed by atoms with van der Waals surface area (Å²) >= 11 is 0. The van der Waals surface area contributed by atoms with Gasteiger partial charge in [-0.2, -0.15) is 0 Å². The molecule has 1 saturated heterocycles. The molecule has 1 fully saturated rings. The molecule has 0 aliphatic carbocycles. The number of rotatable bonds is 8. The van der Waals surface area contributed by atoms with Gasteiger partial charge >= 0.3 is 0 Å². The third-order valence-electron chi connectivity index (χ3n) is 5.05. The minimum Gasteiger partial charge on any atom is -0.488 e. The van der Waals surface area contributed by atoms with Crippen LogP contribution in [0.25, 0.3) is 0 Å². The average molecular weight is 393 g/mol. The van der Waals surface area contributed by atoms with E-state index in [1.54, 1.807) is 4.90 Å². The highest BCUT2D eigenvalue weighted by molar-refractivity contribution is 5.92. The molecule has 0 unspecified atom stereocenters. The van der Waals surface area contributed by atoms with Gasteiger partial charge in [0.25, 0.3) is 11.8 Å². The monoisotopic (exact) mass is 393 g/mol. The highest BCUT2D eigenvalue weighted by Gasteiger charge is 2.23. The van der Waals surface area contributed by atoms with Crippen LogP contribution in [0.4, 0.5) is 0 Å². The largest absolute Gasteiger partial charge is 0.488 e. The molecule has 0 bridgehead atoms. The molecule has 8 nitrogen and oxygen atoms in total. The first-order valence-electron chi connectivity index (χ1n) is 10.3. The molecule has 0 aromatic heterocycles. The van der Waals surface area contributed by atoms with Gasteiger partial charge in [0.15, 0.2) is 11.5 Å². The molecule has 0 aromatic carbocycles. The number of allylic oxidation sites excluding steroid dienone is 2. The lowest BCUT2D eigenvalue weighted by Crippen LogP contribution is -2.46. The third kappa shape index (κ3) is 6.24. The van der Waals surface area contributed by atoms with Crippen LogP contribution in [-0.4, -0.2) is 87.3 Å². The molecule has 3 aliphatic rings. The summed E-state index contributed by atoms with van der Waals surface area (Å²) in [5.74, 6) is 0.498. The molecule has 3 rings (SSSR count). The first-order chi connectivity index (χ1) is 13.7. The molecule has 1 N–H and O–H groups in total. The standard InChI is InChI=1S/C20H31N3O5/c24-19(17-5-1-3-13-27-17)21-7-8-23(10-9-22-11-15-26-16-12-22)20(25)18-6-2-4-14-28-18/h5-6H,1-4,7-16H2,(H,21,24). The molecule has 0 atom stereocenters. The van der Waals surface area contributed by atoms with Crippen LogP contribution in [0.1, 0.15) is 25.7 Å². The number of morpholine rings is 1. The summed E-state index contributed by atoms with van der Waals surface area (Å²) in [6, 6.07) is 0. The van der Waals surface area contributed by atoms with Crippen molar-refractivity contribution >= 4 is 11.8 Å². The van der Waals surface area contributed by atoms with Crippen LogP contribution < -0.4 is 5.32 Å². The van der Waals surface area contributed by atoms with Crippen LogP contribution in [0.3, 0.4) is 0 Å². The zero-order valence-corrected chi connectivity index (χ0v) is 16.5. The molecule has 0 aromatic rings. The summed E-state index contributed by atoms with van der Waals surface area (Å²) in [6.45, 7) is 6.56. The SMILES string of the molecule is O=C(NCCN(CCN1CCOCC1)C(=O)C1=CCCCO1)C1=CCCCO1. The average Bonchev–Trinajstić information content (AvgIpc) is 2.77. The normalized spacial score (nSPS) is 20.3. The Morgan fingerprint density at radius 2 is 1.64 bits per heavy atom. The quantitative estimate of drug-likeness (QED) is 0.652. The molecule has 0 spiro atoms. The zero-order valence-electron chi connectivity index (χ0n) is 16.5. The summed E-state index contributed by atoms with van der Waals surface area (Å²) in [7, 11) is 0. The summed E-state index contributed by atoms with van der Waals surface area (Å²) in [6.07, 6.45) is 7.29. The Bertz CT molecular complexity index is 599. The van der Waals surface area contributed by atoms with E-state index in [0.29, 0.717) is 44.4 Å². The molecular weight excluding hydrogens is 362 g/mol. The second-order valence-corrected chi connectivity index (χ2v) is 7.12. The number of nitrogens with one attached hydrogen (secondary N) is 1. The first-order valence-corrected chi connectivity index (χ1v) is 10.3. The fourth-order valence-electron chi connectivity index (χ4n) is 3.37. The Kier molecular flexibility index (Phi) is 8.17. The van der Waals surface area contributed by atoms with E-state index in [0.717, 1.165) is 58.5 Å². The van der Waals surface area contributed by atoms with E-state index in [2.05, 4.69) is 10.2 Å². The zero-order chi connectivity index (χ0) is 19.6. The smallest absolute Gasteiger partial charge is 0.288 e. The van der Waals surface area contributed by atoms with Crippen LogP contribution in [0.2, 0.25) is 0 Å². The first kappa shape index (κ1) is 20.7. The van der Waals surface area contributed by atoms with E-state index < -0.39 is 0 Å². The third-order valence-corrected chi connectivity index (χ3v) is 5.05. The number of hydrogen-bond acceptors (Lipinski definition) is 6. The van der Waals surface area contributed by atoms with Gasteiger partial charge in [0.05, 0.1) is 26.4 Å². The lowest BCUT2D eigenvalue weighted by Gasteiger charge is -2.31. The molecule has 3 heterocycles. The van der Waals surface area contributed by atoms with E-state index in [-0.39, 0.29) is 11.8 Å². The van der Waals surface area contributed by atoms with Gasteiger partial charge in [0, 0.05) is 39.3 Å². The van der Waals surface area contributed by atoms with Crippen LogP contribution in [-0.2, 0) is 23.8 Å². The van der Waals surface area contributed by atoms with Gasteiger partial charge in [-0.05, 0) is 37.8 Å². The van der Waals surface area contributed by atoms with Crippen LogP contribution >= 0.6 is 0 Å². The van der Waals surface area contributed by atoms with Gasteiger partial charge in [-0.1, -0.05) is 0 Å². The van der Waals surface area contributed by atoms with E-state index in [1.807, 2.05) is 12.2 Å². The number of carbonyl (C=O) groups excluding carboxylic acids is 2. The fourth-order valence-corrected chi connectivity index (χ4v) is 3.37. The molecule has 8 heteroatoms. The Labute approximate surface area is 166 Å². The predicted molar refractivity (Wildman–Crippen MR) is 103 cm³/mol. The van der Waals surface area contributed by atoms with Crippen molar-refractivity contribution in [3.8, 4) is 0 Å². The maximum absolute atomic E-state index is 12.9. The van der Waals surface area contributed by atoms with Gasteiger partial charge < -0.3 is 24.4 Å². The molecular formula is C20H31N3O5. The summed E-state index contributed by atoms with van der Waals surface area (Å²) in [5.41, 5.74) is 0.